The predicted octanol–water partition coefficient (Wildman–Crippen LogP) is -14.0. The van der Waals surface area contributed by atoms with Crippen molar-refractivity contribution in [2.75, 3.05) is 39.6 Å². The number of carbonyl (C=O) groups is 1. The van der Waals surface area contributed by atoms with Gasteiger partial charge in [-0.3, -0.25) is 4.79 Å². The Morgan fingerprint density at radius 1 is 0.371 bits per heavy atom. The van der Waals surface area contributed by atoms with Crippen LogP contribution < -0.4 is 5.32 Å². The molecule has 0 bridgehead atoms. The van der Waals surface area contributed by atoms with Crippen LogP contribution in [-0.4, -0.2) is 327 Å². The first-order valence-corrected chi connectivity index (χ1v) is 22.1. The van der Waals surface area contributed by atoms with E-state index in [9.17, 15) is 102 Å². The highest BCUT2D eigenvalue weighted by Gasteiger charge is 2.56. The number of carbonyl (C=O) groups excluding carboxylic acids is 1. The molecule has 0 aromatic rings. The number of aliphatic hydroxyl groups is 19. The molecule has 32 heteroatoms. The summed E-state index contributed by atoms with van der Waals surface area (Å²) in [6, 6.07) is -1.60. The number of aliphatic hydroxyl groups excluding tert-OH is 19. The summed E-state index contributed by atoms with van der Waals surface area (Å²) in [7, 11) is 0. The van der Waals surface area contributed by atoms with E-state index in [1.807, 2.05) is 0 Å². The Morgan fingerprint density at radius 3 is 1.11 bits per heavy atom. The highest BCUT2D eigenvalue weighted by Crippen LogP contribution is 2.35. The van der Waals surface area contributed by atoms with E-state index in [1.165, 1.54) is 0 Å². The summed E-state index contributed by atoms with van der Waals surface area (Å²) in [6.45, 7) is -4.46. The number of hydrogen-bond acceptors (Lipinski definition) is 31. The molecular weight excluding hydrogens is 966 g/mol. The van der Waals surface area contributed by atoms with Gasteiger partial charge in [0, 0.05) is 6.92 Å². The van der Waals surface area contributed by atoms with E-state index in [1.54, 1.807) is 0 Å². The summed E-state index contributed by atoms with van der Waals surface area (Å²) < 4.78 is 61.8. The first kappa shape index (κ1) is 57.5. The molecule has 0 aromatic carbocycles. The van der Waals surface area contributed by atoms with Crippen LogP contribution in [0.1, 0.15) is 6.92 Å². The molecule has 0 aliphatic carbocycles. The number of nitrogens with one attached hydrogen (secondary N) is 1. The third-order valence-electron chi connectivity index (χ3n) is 12.8. The van der Waals surface area contributed by atoms with E-state index in [0.29, 0.717) is 0 Å². The maximum atomic E-state index is 11.9. The summed E-state index contributed by atoms with van der Waals surface area (Å²) in [5, 5.41) is 204. The molecule has 30 atom stereocenters. The van der Waals surface area contributed by atoms with Crippen molar-refractivity contribution in [3.63, 3.8) is 0 Å². The Balaban J connectivity index is 1.27. The lowest BCUT2D eigenvalue weighted by Crippen LogP contribution is -2.68. The smallest absolute Gasteiger partial charge is 0.217 e. The monoisotopic (exact) mass is 1030 g/mol. The normalized spacial score (nSPS) is 51.5. The summed E-state index contributed by atoms with van der Waals surface area (Å²) >= 11 is 0. The second-order valence-corrected chi connectivity index (χ2v) is 17.6. The average molecular weight is 1030 g/mol. The fourth-order valence-corrected chi connectivity index (χ4v) is 8.70. The molecule has 408 valence electrons. The molecule has 0 saturated carbocycles. The predicted molar refractivity (Wildman–Crippen MR) is 211 cm³/mol. The molecule has 6 aliphatic heterocycles. The van der Waals surface area contributed by atoms with Crippen LogP contribution in [0.25, 0.3) is 0 Å². The summed E-state index contributed by atoms with van der Waals surface area (Å²) in [4.78, 5) is 11.9. The Kier molecular flexibility index (Phi) is 20.3. The van der Waals surface area contributed by atoms with E-state index in [0.717, 1.165) is 6.92 Å². The molecule has 1 amide bonds. The molecular formula is C38H65NO31. The van der Waals surface area contributed by atoms with Gasteiger partial charge in [-0.1, -0.05) is 0 Å². The molecule has 0 aromatic heterocycles. The summed E-state index contributed by atoms with van der Waals surface area (Å²) in [5.74, 6) is -0.752. The van der Waals surface area contributed by atoms with Crippen LogP contribution in [-0.2, 0) is 56.9 Å². The number of amides is 1. The maximum absolute atomic E-state index is 11.9. The van der Waals surface area contributed by atoms with Gasteiger partial charge in [-0.25, -0.2) is 0 Å². The number of hydrogen-bond donors (Lipinski definition) is 20. The lowest BCUT2D eigenvalue weighted by atomic mass is 9.95. The van der Waals surface area contributed by atoms with Crippen LogP contribution in [0.15, 0.2) is 0 Å². The Labute approximate surface area is 395 Å². The fourth-order valence-electron chi connectivity index (χ4n) is 8.70. The minimum Gasteiger partial charge on any atom is -0.394 e. The van der Waals surface area contributed by atoms with Gasteiger partial charge in [0.1, 0.15) is 146 Å². The maximum Gasteiger partial charge on any atom is 0.217 e. The third kappa shape index (κ3) is 12.2. The van der Waals surface area contributed by atoms with Crippen molar-refractivity contribution in [2.45, 2.75) is 191 Å². The Morgan fingerprint density at radius 2 is 0.700 bits per heavy atom. The third-order valence-corrected chi connectivity index (χ3v) is 12.8. The van der Waals surface area contributed by atoms with E-state index in [4.69, 9.17) is 52.1 Å². The van der Waals surface area contributed by atoms with Crippen molar-refractivity contribution in [2.24, 2.45) is 0 Å². The second-order valence-electron chi connectivity index (χ2n) is 17.6. The van der Waals surface area contributed by atoms with Crippen LogP contribution in [0.4, 0.5) is 0 Å². The molecule has 6 fully saturated rings. The van der Waals surface area contributed by atoms with E-state index < -0.39 is 230 Å². The minimum absolute atomic E-state index is 0.752. The zero-order valence-corrected chi connectivity index (χ0v) is 37.0. The van der Waals surface area contributed by atoms with Gasteiger partial charge in [-0.2, -0.15) is 0 Å². The average Bonchev–Trinajstić information content (AvgIpc) is 3.33. The topological polar surface area (TPSA) is 515 Å². The van der Waals surface area contributed by atoms with Gasteiger partial charge in [-0.15, -0.1) is 0 Å². The molecule has 6 saturated heterocycles. The van der Waals surface area contributed by atoms with Crippen molar-refractivity contribution in [3.05, 3.63) is 0 Å². The highest BCUT2D eigenvalue weighted by atomic mass is 16.8. The summed E-state index contributed by atoms with van der Waals surface area (Å²) in [6.07, 6.45) is -55.8. The SMILES string of the molecule is CC(=O)N[C@H]1C(O)O[C@H](CO)[C@@H](O[C@@H]2O[C@H](CO[C@H]3O[C@H](CO[C@H]4O[C@H](CO)[C@@H](O)[C@H](O)[C@@H]4O)[C@@H](O)[C@H](O[C@H]4O[C@H](CO)[C@@H](O)[C@H](O)[C@@H]4O)[C@@H]3O)[C@@H](O)[C@H](O[C@H]3O[C@H](CO)[C@@H](O)[C@H](O)[C@@H]3O)[C@@H]2O)[C@@H]1O. The van der Waals surface area contributed by atoms with Crippen LogP contribution in [0.3, 0.4) is 0 Å². The molecule has 1 unspecified atom stereocenters. The van der Waals surface area contributed by atoms with Gasteiger partial charge in [-0.05, 0) is 0 Å². The molecule has 0 radical (unpaired) electrons. The van der Waals surface area contributed by atoms with Crippen LogP contribution in [0.2, 0.25) is 0 Å². The van der Waals surface area contributed by atoms with Gasteiger partial charge in [0.05, 0.1) is 39.6 Å². The highest BCUT2D eigenvalue weighted by molar-refractivity contribution is 5.73. The molecule has 20 N–H and O–H groups in total. The lowest BCUT2D eigenvalue weighted by Gasteiger charge is -2.49. The quantitative estimate of drug-likeness (QED) is 0.0643. The molecule has 6 rings (SSSR count). The van der Waals surface area contributed by atoms with Gasteiger partial charge in [0.2, 0.25) is 5.91 Å². The van der Waals surface area contributed by atoms with Crippen molar-refractivity contribution < 1.29 is 154 Å². The zero-order valence-electron chi connectivity index (χ0n) is 37.0. The Bertz CT molecular complexity index is 1620. The standard InChI is InChI=1S/C38H65NO31/c1-8(44)39-15-21(50)30(12(5-43)62-33(15)59)68-38-29(58)32(70-37-27(56)24(53)18(47)11(4-42)65-37)20(49)14(67-38)7-61-35-28(57)31(69-36-26(55)23(52)17(46)10(3-41)64-36)19(48)13(66-35)6-60-34-25(54)22(51)16(45)9(2-40)63-34/h9-38,40-43,45-59H,2-7H2,1H3,(H,39,44)/t9-,10-,11-,12-,13-,14-,15-,16-,17-,18-,19-,20-,21-,22+,23+,24+,25+,26+,27+,28+,29+,30-,31+,32+,33?,34+,35+,36-,37-,38+/m1/s1. The van der Waals surface area contributed by atoms with Gasteiger partial charge in [0.25, 0.3) is 0 Å². The van der Waals surface area contributed by atoms with Crippen LogP contribution in [0, 0.1) is 0 Å². The molecule has 32 nitrogen and oxygen atoms in total. The second kappa shape index (κ2) is 24.7. The minimum atomic E-state index is -2.22. The zero-order chi connectivity index (χ0) is 51.6. The number of rotatable bonds is 17. The van der Waals surface area contributed by atoms with Gasteiger partial charge < -0.3 is 154 Å². The molecule has 6 aliphatic rings. The molecule has 6 heterocycles. The van der Waals surface area contributed by atoms with E-state index >= 15 is 0 Å². The van der Waals surface area contributed by atoms with Crippen LogP contribution in [0.5, 0.6) is 0 Å². The van der Waals surface area contributed by atoms with Crippen molar-refractivity contribution in [1.82, 2.24) is 5.32 Å². The fraction of sp³-hybridized carbons (Fsp3) is 0.974. The van der Waals surface area contributed by atoms with Crippen molar-refractivity contribution >= 4 is 5.91 Å². The molecule has 70 heavy (non-hydrogen) atoms. The number of ether oxygens (including phenoxy) is 11. The lowest BCUT2D eigenvalue weighted by molar-refractivity contribution is -0.384. The van der Waals surface area contributed by atoms with E-state index in [2.05, 4.69) is 5.32 Å². The first-order chi connectivity index (χ1) is 33.1. The largest absolute Gasteiger partial charge is 0.394 e. The van der Waals surface area contributed by atoms with E-state index in [-0.39, 0.29) is 0 Å². The van der Waals surface area contributed by atoms with Gasteiger partial charge >= 0.3 is 0 Å². The van der Waals surface area contributed by atoms with Gasteiger partial charge in [0.15, 0.2) is 37.7 Å². The van der Waals surface area contributed by atoms with Crippen molar-refractivity contribution in [3.8, 4) is 0 Å². The van der Waals surface area contributed by atoms with Crippen LogP contribution >= 0.6 is 0 Å². The van der Waals surface area contributed by atoms with Crippen molar-refractivity contribution in [1.29, 1.82) is 0 Å². The molecule has 0 spiro atoms. The first-order valence-electron chi connectivity index (χ1n) is 22.1. The summed E-state index contributed by atoms with van der Waals surface area (Å²) in [5.41, 5.74) is 0. The Hall–Kier alpha value is -1.73.